The van der Waals surface area contributed by atoms with Crippen LogP contribution in [0.3, 0.4) is 0 Å². The molecule has 0 aliphatic carbocycles. The molecule has 3 rings (SSSR count). The molecule has 0 spiro atoms. The van der Waals surface area contributed by atoms with Gasteiger partial charge in [0, 0.05) is 37.0 Å². The summed E-state index contributed by atoms with van der Waals surface area (Å²) in [5.41, 5.74) is 4.93. The minimum atomic E-state index is 0.0323. The Morgan fingerprint density at radius 3 is 2.50 bits per heavy atom. The molecule has 1 aliphatic heterocycles. The van der Waals surface area contributed by atoms with E-state index in [4.69, 9.17) is 0 Å². The third kappa shape index (κ3) is 2.34. The van der Waals surface area contributed by atoms with Crippen molar-refractivity contribution in [1.82, 2.24) is 9.78 Å². The van der Waals surface area contributed by atoms with Gasteiger partial charge in [-0.1, -0.05) is 32.9 Å². The number of amides is 1. The Kier molecular flexibility index (Phi) is 3.20. The Morgan fingerprint density at radius 1 is 1.18 bits per heavy atom. The molecule has 2 heterocycles. The maximum absolute atomic E-state index is 12.6. The number of benzene rings is 1. The van der Waals surface area contributed by atoms with E-state index >= 15 is 0 Å². The third-order valence-electron chi connectivity index (χ3n) is 4.09. The van der Waals surface area contributed by atoms with Gasteiger partial charge in [0.25, 0.3) is 5.91 Å². The summed E-state index contributed by atoms with van der Waals surface area (Å²) in [6.07, 6.45) is 5.58. The van der Waals surface area contributed by atoms with E-state index in [0.29, 0.717) is 0 Å². The lowest BCUT2D eigenvalue weighted by atomic mass is 9.86. The van der Waals surface area contributed by atoms with Crippen molar-refractivity contribution in [3.63, 3.8) is 0 Å². The second-order valence-corrected chi connectivity index (χ2v) is 6.85. The zero-order valence-electron chi connectivity index (χ0n) is 13.7. The standard InChI is InChI=1S/C18H21N3O/c1-18(2,3)13-6-7-14-15(8-12-10-19-20(4)11-12)17(22)21(5)16(14)9-13/h6-11H,1-5H3/b15-8-. The van der Waals surface area contributed by atoms with E-state index < -0.39 is 0 Å². The van der Waals surface area contributed by atoms with Crippen LogP contribution in [0.15, 0.2) is 30.6 Å². The van der Waals surface area contributed by atoms with E-state index in [1.165, 1.54) is 5.56 Å². The number of aromatic nitrogens is 2. The number of hydrogen-bond acceptors (Lipinski definition) is 2. The maximum atomic E-state index is 12.6. The van der Waals surface area contributed by atoms with Gasteiger partial charge in [0.2, 0.25) is 0 Å². The normalized spacial score (nSPS) is 16.5. The molecule has 22 heavy (non-hydrogen) atoms. The highest BCUT2D eigenvalue weighted by molar-refractivity contribution is 6.35. The highest BCUT2D eigenvalue weighted by atomic mass is 16.2. The lowest BCUT2D eigenvalue weighted by molar-refractivity contribution is -0.112. The number of rotatable bonds is 1. The average Bonchev–Trinajstić information content (AvgIpc) is 2.95. The number of nitrogens with zero attached hydrogens (tertiary/aromatic N) is 3. The molecule has 0 radical (unpaired) electrons. The monoisotopic (exact) mass is 295 g/mol. The van der Waals surface area contributed by atoms with Gasteiger partial charge in [0.1, 0.15) is 0 Å². The van der Waals surface area contributed by atoms with Crippen LogP contribution in [-0.2, 0) is 17.3 Å². The van der Waals surface area contributed by atoms with Crippen molar-refractivity contribution in [3.8, 4) is 0 Å². The molecule has 4 heteroatoms. The van der Waals surface area contributed by atoms with Crippen LogP contribution in [0, 0.1) is 0 Å². The minimum absolute atomic E-state index is 0.0323. The first-order valence-corrected chi connectivity index (χ1v) is 7.40. The number of aryl methyl sites for hydroxylation is 1. The summed E-state index contributed by atoms with van der Waals surface area (Å²) in [5.74, 6) is 0.0323. The molecule has 1 aromatic carbocycles. The van der Waals surface area contributed by atoms with Gasteiger partial charge in [-0.15, -0.1) is 0 Å². The van der Waals surface area contributed by atoms with Crippen molar-refractivity contribution in [2.24, 2.45) is 7.05 Å². The number of anilines is 1. The zero-order chi connectivity index (χ0) is 16.1. The van der Waals surface area contributed by atoms with Crippen molar-refractivity contribution < 1.29 is 4.79 Å². The van der Waals surface area contributed by atoms with Crippen LogP contribution in [0.4, 0.5) is 5.69 Å². The first-order valence-electron chi connectivity index (χ1n) is 7.40. The number of carbonyl (C=O) groups excluding carboxylic acids is 1. The van der Waals surface area contributed by atoms with Crippen LogP contribution < -0.4 is 4.90 Å². The molecule has 0 fully saturated rings. The topological polar surface area (TPSA) is 38.1 Å². The van der Waals surface area contributed by atoms with E-state index in [1.807, 2.05) is 26.4 Å². The van der Waals surface area contributed by atoms with Crippen LogP contribution in [0.25, 0.3) is 11.6 Å². The maximum Gasteiger partial charge on any atom is 0.258 e. The quantitative estimate of drug-likeness (QED) is 0.758. The van der Waals surface area contributed by atoms with Gasteiger partial charge in [0.15, 0.2) is 0 Å². The highest BCUT2D eigenvalue weighted by Gasteiger charge is 2.31. The average molecular weight is 295 g/mol. The van der Waals surface area contributed by atoms with Crippen molar-refractivity contribution >= 4 is 23.2 Å². The lowest BCUT2D eigenvalue weighted by Gasteiger charge is -2.21. The number of hydrogen-bond donors (Lipinski definition) is 0. The largest absolute Gasteiger partial charge is 0.311 e. The summed E-state index contributed by atoms with van der Waals surface area (Å²) in [5, 5.41) is 4.15. The second-order valence-electron chi connectivity index (χ2n) is 6.85. The fraction of sp³-hybridized carbons (Fsp3) is 0.333. The SMILES string of the molecule is CN1C(=O)/C(=C\c2cnn(C)c2)c2ccc(C(C)(C)C)cc21. The summed E-state index contributed by atoms with van der Waals surface area (Å²) < 4.78 is 1.74. The van der Waals surface area contributed by atoms with Gasteiger partial charge in [0.05, 0.1) is 11.9 Å². The zero-order valence-corrected chi connectivity index (χ0v) is 13.7. The summed E-state index contributed by atoms with van der Waals surface area (Å²) in [6, 6.07) is 6.29. The van der Waals surface area contributed by atoms with Crippen LogP contribution in [0.1, 0.15) is 37.5 Å². The Morgan fingerprint density at radius 2 is 1.91 bits per heavy atom. The Balaban J connectivity index is 2.11. The Bertz CT molecular complexity index is 778. The molecule has 1 amide bonds. The number of carbonyl (C=O) groups is 1. The van der Waals surface area contributed by atoms with E-state index in [2.05, 4.69) is 44.1 Å². The predicted octanol–water partition coefficient (Wildman–Crippen LogP) is 3.23. The van der Waals surface area contributed by atoms with Gasteiger partial charge in [-0.25, -0.2) is 0 Å². The first-order chi connectivity index (χ1) is 10.3. The third-order valence-corrected chi connectivity index (χ3v) is 4.09. The smallest absolute Gasteiger partial charge is 0.258 e. The van der Waals surface area contributed by atoms with Crippen LogP contribution in [0.2, 0.25) is 0 Å². The van der Waals surface area contributed by atoms with Crippen molar-refractivity contribution in [2.75, 3.05) is 11.9 Å². The molecule has 0 bridgehead atoms. The number of fused-ring (bicyclic) bond motifs is 1. The predicted molar refractivity (Wildman–Crippen MR) is 89.6 cm³/mol. The molecule has 0 atom stereocenters. The van der Waals surface area contributed by atoms with E-state index in [9.17, 15) is 4.79 Å². The van der Waals surface area contributed by atoms with Gasteiger partial charge < -0.3 is 4.90 Å². The van der Waals surface area contributed by atoms with Gasteiger partial charge >= 0.3 is 0 Å². The summed E-state index contributed by atoms with van der Waals surface area (Å²) >= 11 is 0. The van der Waals surface area contributed by atoms with Gasteiger partial charge in [-0.2, -0.15) is 5.10 Å². The van der Waals surface area contributed by atoms with E-state index in [0.717, 1.165) is 22.4 Å². The summed E-state index contributed by atoms with van der Waals surface area (Å²) in [7, 11) is 3.70. The first kappa shape index (κ1) is 14.6. The molecular formula is C18H21N3O. The van der Waals surface area contributed by atoms with E-state index in [-0.39, 0.29) is 11.3 Å². The summed E-state index contributed by atoms with van der Waals surface area (Å²) in [6.45, 7) is 6.54. The van der Waals surface area contributed by atoms with Crippen LogP contribution >= 0.6 is 0 Å². The molecule has 114 valence electrons. The molecular weight excluding hydrogens is 274 g/mol. The van der Waals surface area contributed by atoms with E-state index in [1.54, 1.807) is 15.8 Å². The van der Waals surface area contributed by atoms with Crippen molar-refractivity contribution in [2.45, 2.75) is 26.2 Å². The summed E-state index contributed by atoms with van der Waals surface area (Å²) in [4.78, 5) is 14.3. The van der Waals surface area contributed by atoms with Crippen LogP contribution in [-0.4, -0.2) is 22.7 Å². The minimum Gasteiger partial charge on any atom is -0.311 e. The van der Waals surface area contributed by atoms with Crippen molar-refractivity contribution in [1.29, 1.82) is 0 Å². The molecule has 0 N–H and O–H groups in total. The molecule has 0 saturated heterocycles. The van der Waals surface area contributed by atoms with Gasteiger partial charge in [-0.3, -0.25) is 9.48 Å². The molecule has 0 unspecified atom stereocenters. The Labute approximate surface area is 131 Å². The molecule has 4 nitrogen and oxygen atoms in total. The lowest BCUT2D eigenvalue weighted by Crippen LogP contribution is -2.20. The molecule has 1 aliphatic rings. The number of likely N-dealkylation sites (N-methyl/N-ethyl adjacent to an activating group) is 1. The highest BCUT2D eigenvalue weighted by Crippen LogP contribution is 2.39. The molecule has 1 aromatic heterocycles. The Hall–Kier alpha value is -2.36. The molecule has 2 aromatic rings. The molecule has 0 saturated carbocycles. The van der Waals surface area contributed by atoms with Crippen molar-refractivity contribution in [3.05, 3.63) is 47.3 Å². The fourth-order valence-electron chi connectivity index (χ4n) is 2.73. The second kappa shape index (κ2) is 4.83. The van der Waals surface area contributed by atoms with Crippen LogP contribution in [0.5, 0.6) is 0 Å². The fourth-order valence-corrected chi connectivity index (χ4v) is 2.73. The van der Waals surface area contributed by atoms with Gasteiger partial charge in [-0.05, 0) is 23.1 Å².